The summed E-state index contributed by atoms with van der Waals surface area (Å²) in [5.41, 5.74) is 0.643. The standard InChI is InChI=1S/C20H33N3O4S/c1-15-13-23(14-16(2)27-15)28(25,26)18-9-7-17(8-10-18)19(24)21-11-6-12-22-20(3,4)5/h7-10,15-16,22H,6,11-14H2,1-5H3,(H,21,24)/p+1/t15-,16-/m1/s1. The van der Waals surface area contributed by atoms with E-state index in [1.54, 1.807) is 12.1 Å². The molecule has 1 saturated heterocycles. The lowest BCUT2D eigenvalue weighted by molar-refractivity contribution is -0.717. The van der Waals surface area contributed by atoms with Crippen molar-refractivity contribution in [2.75, 3.05) is 26.2 Å². The van der Waals surface area contributed by atoms with Crippen molar-refractivity contribution in [3.05, 3.63) is 29.8 Å². The Morgan fingerprint density at radius 2 is 1.75 bits per heavy atom. The number of carbonyl (C=O) groups excluding carboxylic acids is 1. The molecule has 1 aliphatic rings. The fourth-order valence-electron chi connectivity index (χ4n) is 3.20. The largest absolute Gasteiger partial charge is 0.373 e. The monoisotopic (exact) mass is 412 g/mol. The SMILES string of the molecule is C[C@@H]1CN(S(=O)(=O)c2ccc(C(=O)NCCC[NH2+]C(C)(C)C)cc2)C[C@@H](C)O1. The molecule has 2 rings (SSSR count). The maximum Gasteiger partial charge on any atom is 0.251 e. The van der Waals surface area contributed by atoms with Crippen LogP contribution in [0.1, 0.15) is 51.4 Å². The van der Waals surface area contributed by atoms with E-state index >= 15 is 0 Å². The minimum Gasteiger partial charge on any atom is -0.373 e. The molecule has 1 heterocycles. The zero-order valence-corrected chi connectivity index (χ0v) is 18.4. The van der Waals surface area contributed by atoms with Crippen molar-refractivity contribution < 1.29 is 23.3 Å². The zero-order valence-electron chi connectivity index (χ0n) is 17.6. The Morgan fingerprint density at radius 1 is 1.18 bits per heavy atom. The molecule has 0 spiro atoms. The predicted octanol–water partition coefficient (Wildman–Crippen LogP) is 0.966. The molecule has 0 radical (unpaired) electrons. The molecule has 7 nitrogen and oxygen atoms in total. The third-order valence-electron chi connectivity index (χ3n) is 4.56. The second kappa shape index (κ2) is 9.35. The van der Waals surface area contributed by atoms with E-state index in [0.717, 1.165) is 13.0 Å². The van der Waals surface area contributed by atoms with Gasteiger partial charge in [0.25, 0.3) is 5.91 Å². The summed E-state index contributed by atoms with van der Waals surface area (Å²) in [6.45, 7) is 12.4. The first kappa shape index (κ1) is 22.8. The van der Waals surface area contributed by atoms with Crippen LogP contribution < -0.4 is 10.6 Å². The molecule has 0 aliphatic carbocycles. The summed E-state index contributed by atoms with van der Waals surface area (Å²) < 4.78 is 32.8. The number of rotatable bonds is 7. The fourth-order valence-corrected chi connectivity index (χ4v) is 4.79. The summed E-state index contributed by atoms with van der Waals surface area (Å²) in [7, 11) is -3.59. The fraction of sp³-hybridized carbons (Fsp3) is 0.650. The lowest BCUT2D eigenvalue weighted by Gasteiger charge is -2.34. The molecule has 1 aromatic rings. The lowest BCUT2D eigenvalue weighted by Crippen LogP contribution is -2.94. The highest BCUT2D eigenvalue weighted by atomic mass is 32.2. The van der Waals surface area contributed by atoms with Gasteiger partial charge in [-0.25, -0.2) is 8.42 Å². The Balaban J connectivity index is 1.92. The normalized spacial score (nSPS) is 21.5. The van der Waals surface area contributed by atoms with Crippen LogP contribution in [0.3, 0.4) is 0 Å². The molecule has 28 heavy (non-hydrogen) atoms. The van der Waals surface area contributed by atoms with Crippen LogP contribution in [-0.4, -0.2) is 62.6 Å². The zero-order chi connectivity index (χ0) is 20.9. The minimum atomic E-state index is -3.59. The number of nitrogens with zero attached hydrogens (tertiary/aromatic N) is 1. The Hall–Kier alpha value is -1.48. The molecule has 3 N–H and O–H groups in total. The first-order valence-corrected chi connectivity index (χ1v) is 11.3. The van der Waals surface area contributed by atoms with Crippen molar-refractivity contribution in [1.82, 2.24) is 9.62 Å². The molecule has 1 fully saturated rings. The van der Waals surface area contributed by atoms with E-state index in [0.29, 0.717) is 25.2 Å². The molecule has 0 aromatic heterocycles. The molecule has 1 amide bonds. The Bertz CT molecular complexity index is 747. The summed E-state index contributed by atoms with van der Waals surface area (Å²) in [4.78, 5) is 12.5. The van der Waals surface area contributed by atoms with Crippen molar-refractivity contribution in [2.45, 2.75) is 63.7 Å². The number of quaternary nitrogens is 1. The maximum atomic E-state index is 12.9. The van der Waals surface area contributed by atoms with Crippen LogP contribution in [0, 0.1) is 0 Å². The number of nitrogens with two attached hydrogens (primary N) is 1. The van der Waals surface area contributed by atoms with Gasteiger partial charge in [-0.2, -0.15) is 4.31 Å². The van der Waals surface area contributed by atoms with Gasteiger partial charge in [0.1, 0.15) is 0 Å². The first-order chi connectivity index (χ1) is 13.0. The van der Waals surface area contributed by atoms with Gasteiger partial charge < -0.3 is 15.4 Å². The van der Waals surface area contributed by atoms with E-state index in [1.165, 1.54) is 16.4 Å². The predicted molar refractivity (Wildman–Crippen MR) is 109 cm³/mol. The number of nitrogens with one attached hydrogen (secondary N) is 1. The summed E-state index contributed by atoms with van der Waals surface area (Å²) in [6.07, 6.45) is 0.598. The number of hydrogen-bond acceptors (Lipinski definition) is 4. The van der Waals surface area contributed by atoms with Crippen LogP contribution >= 0.6 is 0 Å². The number of carbonyl (C=O) groups is 1. The highest BCUT2D eigenvalue weighted by Gasteiger charge is 2.32. The van der Waals surface area contributed by atoms with Gasteiger partial charge in [-0.1, -0.05) is 0 Å². The van der Waals surface area contributed by atoms with Crippen molar-refractivity contribution in [1.29, 1.82) is 0 Å². The van der Waals surface area contributed by atoms with Gasteiger partial charge in [0.05, 0.1) is 29.2 Å². The molecule has 8 heteroatoms. The third kappa shape index (κ3) is 6.55. The molecule has 1 aromatic carbocycles. The van der Waals surface area contributed by atoms with Crippen molar-refractivity contribution in [2.24, 2.45) is 0 Å². The van der Waals surface area contributed by atoms with Gasteiger partial charge in [0.2, 0.25) is 10.0 Å². The number of benzene rings is 1. The lowest BCUT2D eigenvalue weighted by atomic mass is 10.1. The molecule has 1 aliphatic heterocycles. The number of amides is 1. The number of hydrogen-bond donors (Lipinski definition) is 2. The number of morpholine rings is 1. The number of sulfonamides is 1. The molecular weight excluding hydrogens is 378 g/mol. The average molecular weight is 413 g/mol. The minimum absolute atomic E-state index is 0.140. The van der Waals surface area contributed by atoms with E-state index < -0.39 is 10.0 Å². The van der Waals surface area contributed by atoms with Gasteiger partial charge in [-0.3, -0.25) is 4.79 Å². The molecular formula is C20H34N3O4S+. The van der Waals surface area contributed by atoms with Crippen LogP contribution in [0.2, 0.25) is 0 Å². The van der Waals surface area contributed by atoms with Crippen LogP contribution in [-0.2, 0) is 14.8 Å². The highest BCUT2D eigenvalue weighted by molar-refractivity contribution is 7.89. The summed E-state index contributed by atoms with van der Waals surface area (Å²) in [6, 6.07) is 6.14. The summed E-state index contributed by atoms with van der Waals surface area (Å²) in [5, 5.41) is 5.13. The van der Waals surface area contributed by atoms with Gasteiger partial charge in [0, 0.05) is 31.6 Å². The van der Waals surface area contributed by atoms with Crippen molar-refractivity contribution >= 4 is 15.9 Å². The average Bonchev–Trinajstić information content (AvgIpc) is 2.59. The maximum absolute atomic E-state index is 12.9. The van der Waals surface area contributed by atoms with Gasteiger partial charge in [0.15, 0.2) is 0 Å². The topological polar surface area (TPSA) is 92.3 Å². The summed E-state index contributed by atoms with van der Waals surface area (Å²) in [5.74, 6) is -0.187. The molecule has 0 saturated carbocycles. The molecule has 2 atom stereocenters. The smallest absolute Gasteiger partial charge is 0.251 e. The van der Waals surface area contributed by atoms with E-state index in [1.807, 2.05) is 13.8 Å². The van der Waals surface area contributed by atoms with Crippen LogP contribution in [0.25, 0.3) is 0 Å². The first-order valence-electron chi connectivity index (χ1n) is 9.87. The second-order valence-electron chi connectivity index (χ2n) is 8.57. The molecule has 158 valence electrons. The van der Waals surface area contributed by atoms with Crippen molar-refractivity contribution in [3.8, 4) is 0 Å². The second-order valence-corrected chi connectivity index (χ2v) is 10.5. The van der Waals surface area contributed by atoms with Crippen LogP contribution in [0.4, 0.5) is 0 Å². The van der Waals surface area contributed by atoms with Gasteiger partial charge in [-0.05, 0) is 58.9 Å². The molecule has 0 unspecified atom stereocenters. The van der Waals surface area contributed by atoms with E-state index in [2.05, 4.69) is 31.4 Å². The van der Waals surface area contributed by atoms with Gasteiger partial charge >= 0.3 is 0 Å². The Morgan fingerprint density at radius 3 is 2.29 bits per heavy atom. The molecule has 0 bridgehead atoms. The van der Waals surface area contributed by atoms with E-state index in [4.69, 9.17) is 4.74 Å². The van der Waals surface area contributed by atoms with E-state index in [9.17, 15) is 13.2 Å². The van der Waals surface area contributed by atoms with Gasteiger partial charge in [-0.15, -0.1) is 0 Å². The summed E-state index contributed by atoms with van der Waals surface area (Å²) >= 11 is 0. The van der Waals surface area contributed by atoms with Crippen LogP contribution in [0.15, 0.2) is 29.2 Å². The van der Waals surface area contributed by atoms with Crippen LogP contribution in [0.5, 0.6) is 0 Å². The van der Waals surface area contributed by atoms with E-state index in [-0.39, 0.29) is 28.5 Å². The third-order valence-corrected chi connectivity index (χ3v) is 6.41. The Labute approximate surface area is 168 Å². The van der Waals surface area contributed by atoms with Crippen molar-refractivity contribution in [3.63, 3.8) is 0 Å². The number of ether oxygens (including phenoxy) is 1. The quantitative estimate of drug-likeness (QED) is 0.653. The Kier molecular flexibility index (Phi) is 7.61. The highest BCUT2D eigenvalue weighted by Crippen LogP contribution is 2.21.